The van der Waals surface area contributed by atoms with Crippen molar-refractivity contribution in [3.05, 3.63) is 58.9 Å². The highest BCUT2D eigenvalue weighted by Gasteiger charge is 2.42. The second-order valence-corrected chi connectivity index (χ2v) is 6.86. The first kappa shape index (κ1) is 18.2. The maximum absolute atomic E-state index is 12.7. The minimum absolute atomic E-state index is 0.122. The summed E-state index contributed by atoms with van der Waals surface area (Å²) in [5.74, 6) is -3.76. The third kappa shape index (κ3) is 3.65. The highest BCUT2D eigenvalue weighted by Crippen LogP contribution is 2.27. The van der Waals surface area contributed by atoms with Gasteiger partial charge in [-0.25, -0.2) is 0 Å². The second-order valence-electron chi connectivity index (χ2n) is 6.47. The molecule has 1 aliphatic heterocycles. The molecule has 136 valence electrons. The second kappa shape index (κ2) is 6.96. The van der Waals surface area contributed by atoms with Crippen molar-refractivity contribution in [1.29, 1.82) is 0 Å². The lowest BCUT2D eigenvalue weighted by atomic mass is 10.0. The summed E-state index contributed by atoms with van der Waals surface area (Å²) >= 11 is 6.19. The molecule has 0 bridgehead atoms. The van der Waals surface area contributed by atoms with Crippen molar-refractivity contribution in [2.45, 2.75) is 32.6 Å². The predicted octanol–water partition coefficient (Wildman–Crippen LogP) is 3.21. The van der Waals surface area contributed by atoms with E-state index in [9.17, 15) is 14.4 Å². The molecule has 2 aromatic rings. The van der Waals surface area contributed by atoms with E-state index in [2.05, 4.69) is 0 Å². The van der Waals surface area contributed by atoms with Crippen LogP contribution in [0.3, 0.4) is 0 Å². The fourth-order valence-corrected chi connectivity index (χ4v) is 3.08. The highest BCUT2D eigenvalue weighted by molar-refractivity contribution is 6.30. The topological polar surface area (TPSA) is 74.6 Å². The number of aromatic nitrogens is 1. The summed E-state index contributed by atoms with van der Waals surface area (Å²) in [5.41, 5.74) is 0.917. The van der Waals surface area contributed by atoms with Gasteiger partial charge < -0.3 is 14.0 Å². The van der Waals surface area contributed by atoms with Crippen LogP contribution in [-0.4, -0.2) is 28.1 Å². The van der Waals surface area contributed by atoms with Crippen LogP contribution in [0.5, 0.6) is 0 Å². The van der Waals surface area contributed by atoms with E-state index in [0.29, 0.717) is 16.4 Å². The van der Waals surface area contributed by atoms with Crippen LogP contribution in [-0.2, 0) is 25.6 Å². The monoisotopic (exact) mass is 375 g/mol. The number of nitrogens with zero attached hydrogens (tertiary/aromatic N) is 1. The number of ketones is 1. The van der Waals surface area contributed by atoms with E-state index >= 15 is 0 Å². The maximum Gasteiger partial charge on any atom is 0.323 e. The van der Waals surface area contributed by atoms with Crippen molar-refractivity contribution in [1.82, 2.24) is 4.57 Å². The Morgan fingerprint density at radius 3 is 2.31 bits per heavy atom. The Hall–Kier alpha value is -2.60. The van der Waals surface area contributed by atoms with Gasteiger partial charge in [0, 0.05) is 26.0 Å². The molecule has 26 heavy (non-hydrogen) atoms. The largest absolute Gasteiger partial charge is 0.422 e. The van der Waals surface area contributed by atoms with Gasteiger partial charge in [0.25, 0.3) is 5.79 Å². The fraction of sp³-hybridized carbons (Fsp3) is 0.316. The molecule has 7 heteroatoms. The van der Waals surface area contributed by atoms with Crippen LogP contribution < -0.4 is 0 Å². The molecular formula is C19H18ClNO5. The zero-order valence-electron chi connectivity index (χ0n) is 14.4. The average molecular weight is 376 g/mol. The quantitative estimate of drug-likeness (QED) is 0.455. The minimum Gasteiger partial charge on any atom is -0.422 e. The van der Waals surface area contributed by atoms with Crippen LogP contribution >= 0.6 is 11.6 Å². The molecule has 3 rings (SSSR count). The first-order valence-corrected chi connectivity index (χ1v) is 8.57. The summed E-state index contributed by atoms with van der Waals surface area (Å²) < 4.78 is 11.8. The smallest absolute Gasteiger partial charge is 0.323 e. The van der Waals surface area contributed by atoms with Crippen LogP contribution in [0.2, 0.25) is 5.15 Å². The number of carbonyl (C=O) groups excluding carboxylic acids is 3. The molecule has 1 aromatic heterocycles. The molecule has 0 atom stereocenters. The van der Waals surface area contributed by atoms with E-state index in [0.717, 1.165) is 0 Å². The van der Waals surface area contributed by atoms with Gasteiger partial charge in [-0.1, -0.05) is 41.9 Å². The maximum atomic E-state index is 12.7. The summed E-state index contributed by atoms with van der Waals surface area (Å²) in [6, 6.07) is 12.0. The van der Waals surface area contributed by atoms with E-state index < -0.39 is 23.6 Å². The first-order valence-electron chi connectivity index (χ1n) is 8.19. The molecule has 0 saturated carbocycles. The normalized spacial score (nSPS) is 16.9. The Bertz CT molecular complexity index is 836. The lowest BCUT2D eigenvalue weighted by Gasteiger charge is -2.32. The van der Waals surface area contributed by atoms with Gasteiger partial charge in [0.2, 0.25) is 5.78 Å². The van der Waals surface area contributed by atoms with Crippen molar-refractivity contribution in [2.24, 2.45) is 5.92 Å². The van der Waals surface area contributed by atoms with Gasteiger partial charge >= 0.3 is 11.9 Å². The SMILES string of the molecule is CC1(C)OC(=O)C(CCn2c(Cl)ccc2C(=O)c2ccccc2)C(=O)O1. The van der Waals surface area contributed by atoms with Gasteiger partial charge in [0.1, 0.15) is 5.15 Å². The number of carbonyl (C=O) groups is 3. The zero-order valence-corrected chi connectivity index (χ0v) is 15.2. The molecule has 1 aliphatic rings. The van der Waals surface area contributed by atoms with Crippen LogP contribution in [0.1, 0.15) is 36.3 Å². The zero-order chi connectivity index (χ0) is 18.9. The Morgan fingerprint density at radius 2 is 1.69 bits per heavy atom. The third-order valence-electron chi connectivity index (χ3n) is 4.10. The molecule has 0 spiro atoms. The van der Waals surface area contributed by atoms with Crippen molar-refractivity contribution >= 4 is 29.3 Å². The number of halogens is 1. The molecule has 0 unspecified atom stereocenters. The Morgan fingerprint density at radius 1 is 1.08 bits per heavy atom. The van der Waals surface area contributed by atoms with E-state index in [1.54, 1.807) is 41.0 Å². The van der Waals surface area contributed by atoms with E-state index in [1.807, 2.05) is 6.07 Å². The average Bonchev–Trinajstić information content (AvgIpc) is 2.94. The third-order valence-corrected chi connectivity index (χ3v) is 4.43. The molecular weight excluding hydrogens is 358 g/mol. The molecule has 1 fully saturated rings. The van der Waals surface area contributed by atoms with Crippen molar-refractivity contribution in [3.63, 3.8) is 0 Å². The van der Waals surface area contributed by atoms with Crippen molar-refractivity contribution in [2.75, 3.05) is 0 Å². The van der Waals surface area contributed by atoms with Gasteiger partial charge in [-0.2, -0.15) is 0 Å². The molecule has 2 heterocycles. The number of esters is 2. The molecule has 1 aromatic carbocycles. The van der Waals surface area contributed by atoms with Crippen molar-refractivity contribution < 1.29 is 23.9 Å². The van der Waals surface area contributed by atoms with Gasteiger partial charge in [0.05, 0.1) is 5.69 Å². The molecule has 0 radical (unpaired) electrons. The molecule has 6 nitrogen and oxygen atoms in total. The van der Waals surface area contributed by atoms with Gasteiger partial charge in [-0.15, -0.1) is 0 Å². The van der Waals surface area contributed by atoms with Crippen LogP contribution in [0.4, 0.5) is 0 Å². The number of cyclic esters (lactones) is 2. The summed E-state index contributed by atoms with van der Waals surface area (Å²) in [6.07, 6.45) is 0.122. The molecule has 0 N–H and O–H groups in total. The number of hydrogen-bond acceptors (Lipinski definition) is 5. The number of rotatable bonds is 5. The van der Waals surface area contributed by atoms with E-state index in [1.165, 1.54) is 13.8 Å². The van der Waals surface area contributed by atoms with Crippen LogP contribution in [0, 0.1) is 5.92 Å². The van der Waals surface area contributed by atoms with Gasteiger partial charge in [0.15, 0.2) is 5.92 Å². The summed E-state index contributed by atoms with van der Waals surface area (Å²) in [4.78, 5) is 36.8. The van der Waals surface area contributed by atoms with Crippen LogP contribution in [0.25, 0.3) is 0 Å². The Balaban J connectivity index is 1.77. The lowest BCUT2D eigenvalue weighted by molar-refractivity contribution is -0.240. The number of ether oxygens (including phenoxy) is 2. The molecule has 0 aliphatic carbocycles. The summed E-state index contributed by atoms with van der Waals surface area (Å²) in [7, 11) is 0. The number of benzene rings is 1. The predicted molar refractivity (Wildman–Crippen MR) is 93.7 cm³/mol. The van der Waals surface area contributed by atoms with Gasteiger partial charge in [-0.05, 0) is 18.6 Å². The van der Waals surface area contributed by atoms with E-state index in [-0.39, 0.29) is 18.7 Å². The van der Waals surface area contributed by atoms with Crippen molar-refractivity contribution in [3.8, 4) is 0 Å². The van der Waals surface area contributed by atoms with Crippen LogP contribution in [0.15, 0.2) is 42.5 Å². The fourth-order valence-electron chi connectivity index (χ4n) is 2.84. The molecule has 1 saturated heterocycles. The van der Waals surface area contributed by atoms with Gasteiger partial charge in [-0.3, -0.25) is 14.4 Å². The summed E-state index contributed by atoms with van der Waals surface area (Å²) in [5, 5.41) is 0.349. The standard InChI is InChI=1S/C19H18ClNO5/c1-19(2)25-17(23)13(18(24)26-19)10-11-21-14(8-9-15(21)20)16(22)12-6-4-3-5-7-12/h3-9,13H,10-11H2,1-2H3. The highest BCUT2D eigenvalue weighted by atomic mass is 35.5. The molecule has 0 amide bonds. The Kier molecular flexibility index (Phi) is 4.87. The summed E-state index contributed by atoms with van der Waals surface area (Å²) in [6.45, 7) is 3.20. The first-order chi connectivity index (χ1) is 12.3. The lowest BCUT2D eigenvalue weighted by Crippen LogP contribution is -2.46. The van der Waals surface area contributed by atoms with E-state index in [4.69, 9.17) is 21.1 Å². The minimum atomic E-state index is -1.26. The number of hydrogen-bond donors (Lipinski definition) is 0. The Labute approximate surface area is 155 Å².